The molecule has 180 valence electrons. The van der Waals surface area contributed by atoms with E-state index in [2.05, 4.69) is 5.32 Å². The van der Waals surface area contributed by atoms with Crippen molar-refractivity contribution in [3.63, 3.8) is 0 Å². The van der Waals surface area contributed by atoms with E-state index in [0.717, 1.165) is 0 Å². The van der Waals surface area contributed by atoms with Gasteiger partial charge in [0, 0.05) is 29.4 Å². The molecule has 0 aliphatic carbocycles. The summed E-state index contributed by atoms with van der Waals surface area (Å²) in [5, 5.41) is 13.6. The Morgan fingerprint density at radius 2 is 1.77 bits per heavy atom. The summed E-state index contributed by atoms with van der Waals surface area (Å²) in [7, 11) is 4.35. The van der Waals surface area contributed by atoms with E-state index in [1.807, 2.05) is 0 Å². The molecule has 1 aliphatic heterocycles. The number of nitro groups is 1. The van der Waals surface area contributed by atoms with Crippen LogP contribution in [0.1, 0.15) is 38.8 Å². The third kappa shape index (κ3) is 4.58. The van der Waals surface area contributed by atoms with Crippen LogP contribution < -0.4 is 24.3 Å². The average Bonchev–Trinajstić information content (AvgIpc) is 2.87. The fourth-order valence-corrected chi connectivity index (χ4v) is 3.92. The molecule has 0 aromatic heterocycles. The van der Waals surface area contributed by atoms with E-state index in [4.69, 9.17) is 18.9 Å². The molecule has 0 saturated heterocycles. The monoisotopic (exact) mass is 478 g/mol. The van der Waals surface area contributed by atoms with Crippen molar-refractivity contribution in [2.24, 2.45) is 0 Å². The number of hydrogen-bond donors (Lipinski definition) is 1. The average molecular weight is 478 g/mol. The van der Waals surface area contributed by atoms with E-state index < -0.39 is 16.9 Å². The number of carbonyl (C=O) groups is 2. The Bertz CT molecular complexity index is 1320. The summed E-state index contributed by atoms with van der Waals surface area (Å²) in [6.45, 7) is 0. The van der Waals surface area contributed by atoms with Gasteiger partial charge in [-0.3, -0.25) is 19.7 Å². The number of ether oxygens (including phenoxy) is 4. The lowest BCUT2D eigenvalue weighted by atomic mass is 9.94. The lowest BCUT2D eigenvalue weighted by Crippen LogP contribution is -2.22. The molecule has 1 amide bonds. The first-order valence-corrected chi connectivity index (χ1v) is 10.5. The lowest BCUT2D eigenvalue weighted by Gasteiger charge is -2.28. The molecule has 10 nitrogen and oxygen atoms in total. The molecular formula is C25H22N2O8. The van der Waals surface area contributed by atoms with Crippen molar-refractivity contribution in [1.82, 2.24) is 0 Å². The Hall–Kier alpha value is -4.60. The second kappa shape index (κ2) is 9.72. The summed E-state index contributed by atoms with van der Waals surface area (Å²) in [6.07, 6.45) is -0.627. The fourth-order valence-electron chi connectivity index (χ4n) is 3.92. The Morgan fingerprint density at radius 1 is 1.03 bits per heavy atom. The number of nitrogens with one attached hydrogen (secondary N) is 1. The highest BCUT2D eigenvalue weighted by Gasteiger charge is 2.34. The Balaban J connectivity index is 1.61. The lowest BCUT2D eigenvalue weighted by molar-refractivity contribution is -0.384. The van der Waals surface area contributed by atoms with Crippen LogP contribution in [0.4, 0.5) is 11.4 Å². The second-order valence-corrected chi connectivity index (χ2v) is 7.64. The van der Waals surface area contributed by atoms with E-state index >= 15 is 0 Å². The summed E-state index contributed by atoms with van der Waals surface area (Å²) in [5.41, 5.74) is 1.35. The molecule has 0 radical (unpaired) electrons. The molecule has 0 spiro atoms. The highest BCUT2D eigenvalue weighted by molar-refractivity contribution is 6.05. The van der Waals surface area contributed by atoms with Gasteiger partial charge in [0.2, 0.25) is 5.75 Å². The highest BCUT2D eigenvalue weighted by atomic mass is 16.6. The molecule has 10 heteroatoms. The molecule has 1 unspecified atom stereocenters. The number of rotatable bonds is 7. The van der Waals surface area contributed by atoms with E-state index in [9.17, 15) is 19.7 Å². The van der Waals surface area contributed by atoms with Gasteiger partial charge in [0.05, 0.1) is 32.7 Å². The normalized spacial score (nSPS) is 14.4. The van der Waals surface area contributed by atoms with Crippen molar-refractivity contribution in [3.8, 4) is 23.0 Å². The minimum Gasteiger partial charge on any atom is -0.493 e. The SMILES string of the molecule is COc1cc2c(c(OC)c1OC)C(=O)CC(c1cccc(C(=O)Nc3cccc([N+](=O)[O-])c3)c1)O2. The first-order chi connectivity index (χ1) is 16.9. The number of nitrogens with zero attached hydrogens (tertiary/aromatic N) is 1. The van der Waals surface area contributed by atoms with Gasteiger partial charge >= 0.3 is 0 Å². The van der Waals surface area contributed by atoms with E-state index in [1.54, 1.807) is 36.4 Å². The molecular weight excluding hydrogens is 456 g/mol. The number of fused-ring (bicyclic) bond motifs is 1. The second-order valence-electron chi connectivity index (χ2n) is 7.64. The largest absolute Gasteiger partial charge is 0.493 e. The van der Waals surface area contributed by atoms with Gasteiger partial charge in [-0.25, -0.2) is 0 Å². The van der Waals surface area contributed by atoms with Crippen LogP contribution in [0.15, 0.2) is 54.6 Å². The van der Waals surface area contributed by atoms with Crippen LogP contribution in [0.3, 0.4) is 0 Å². The molecule has 3 aromatic rings. The summed E-state index contributed by atoms with van der Waals surface area (Å²) >= 11 is 0. The smallest absolute Gasteiger partial charge is 0.271 e. The predicted octanol–water partition coefficient (Wildman–Crippen LogP) is 4.58. The van der Waals surface area contributed by atoms with Gasteiger partial charge in [0.15, 0.2) is 17.3 Å². The van der Waals surface area contributed by atoms with Crippen LogP contribution in [0.5, 0.6) is 23.0 Å². The summed E-state index contributed by atoms with van der Waals surface area (Å²) in [5.74, 6) is 0.497. The molecule has 1 N–H and O–H groups in total. The summed E-state index contributed by atoms with van der Waals surface area (Å²) in [4.78, 5) is 36.3. The maximum absolute atomic E-state index is 13.1. The van der Waals surface area contributed by atoms with E-state index in [0.29, 0.717) is 28.3 Å². The van der Waals surface area contributed by atoms with Crippen LogP contribution in [0.2, 0.25) is 0 Å². The van der Waals surface area contributed by atoms with Crippen LogP contribution >= 0.6 is 0 Å². The molecule has 0 bridgehead atoms. The predicted molar refractivity (Wildman–Crippen MR) is 126 cm³/mol. The maximum atomic E-state index is 13.1. The van der Waals surface area contributed by atoms with Crippen molar-refractivity contribution in [2.45, 2.75) is 12.5 Å². The minimum absolute atomic E-state index is 0.0226. The van der Waals surface area contributed by atoms with Gasteiger partial charge in [0.25, 0.3) is 11.6 Å². The van der Waals surface area contributed by atoms with Gasteiger partial charge in [-0.15, -0.1) is 0 Å². The Labute approximate surface area is 200 Å². The number of amides is 1. The molecule has 0 saturated carbocycles. The third-order valence-electron chi connectivity index (χ3n) is 5.55. The van der Waals surface area contributed by atoms with Crippen LogP contribution in [-0.2, 0) is 0 Å². The van der Waals surface area contributed by atoms with Crippen LogP contribution in [0.25, 0.3) is 0 Å². The van der Waals surface area contributed by atoms with Gasteiger partial charge in [-0.1, -0.05) is 18.2 Å². The molecule has 35 heavy (non-hydrogen) atoms. The number of non-ortho nitro benzene ring substituents is 1. The van der Waals surface area contributed by atoms with Crippen LogP contribution in [-0.4, -0.2) is 37.9 Å². The fraction of sp³-hybridized carbons (Fsp3) is 0.200. The third-order valence-corrected chi connectivity index (χ3v) is 5.55. The highest BCUT2D eigenvalue weighted by Crippen LogP contribution is 2.49. The van der Waals surface area contributed by atoms with Gasteiger partial charge < -0.3 is 24.3 Å². The molecule has 4 rings (SSSR count). The number of nitro benzene ring substituents is 1. The van der Waals surface area contributed by atoms with E-state index in [-0.39, 0.29) is 35.0 Å². The number of anilines is 1. The van der Waals surface area contributed by atoms with Gasteiger partial charge in [-0.2, -0.15) is 0 Å². The minimum atomic E-state index is -0.650. The van der Waals surface area contributed by atoms with Gasteiger partial charge in [-0.05, 0) is 23.8 Å². The Morgan fingerprint density at radius 3 is 2.46 bits per heavy atom. The molecule has 1 heterocycles. The molecule has 0 fully saturated rings. The van der Waals surface area contributed by atoms with Crippen molar-refractivity contribution >= 4 is 23.1 Å². The molecule has 3 aromatic carbocycles. The number of ketones is 1. The zero-order valence-electron chi connectivity index (χ0n) is 19.2. The first-order valence-electron chi connectivity index (χ1n) is 10.5. The summed E-state index contributed by atoms with van der Waals surface area (Å²) in [6, 6.07) is 13.9. The van der Waals surface area contributed by atoms with Gasteiger partial charge in [0.1, 0.15) is 17.4 Å². The topological polar surface area (TPSA) is 126 Å². The van der Waals surface area contributed by atoms with Crippen molar-refractivity contribution in [3.05, 3.63) is 81.4 Å². The van der Waals surface area contributed by atoms with Crippen LogP contribution in [0, 0.1) is 10.1 Å². The Kier molecular flexibility index (Phi) is 6.54. The number of carbonyl (C=O) groups excluding carboxylic acids is 2. The first kappa shape index (κ1) is 23.6. The number of methoxy groups -OCH3 is 3. The molecule has 1 atom stereocenters. The quantitative estimate of drug-likeness (QED) is 0.386. The zero-order chi connectivity index (χ0) is 25.1. The maximum Gasteiger partial charge on any atom is 0.271 e. The number of Topliss-reactive ketones (excluding diaryl/α,β-unsaturated/α-hetero) is 1. The number of benzene rings is 3. The number of hydrogen-bond acceptors (Lipinski definition) is 8. The van der Waals surface area contributed by atoms with Crippen molar-refractivity contribution < 1.29 is 33.5 Å². The summed E-state index contributed by atoms with van der Waals surface area (Å²) < 4.78 is 22.3. The standard InChI is InChI=1S/C25H22N2O8/c1-32-21-13-20-22(24(34-3)23(21)33-2)18(28)12-19(35-20)14-6-4-7-15(10-14)25(29)26-16-8-5-9-17(11-16)27(30)31/h4-11,13,19H,12H2,1-3H3,(H,26,29). The van der Waals surface area contributed by atoms with E-state index in [1.165, 1.54) is 39.5 Å². The van der Waals surface area contributed by atoms with Crippen molar-refractivity contribution in [1.29, 1.82) is 0 Å². The van der Waals surface area contributed by atoms with Crippen molar-refractivity contribution in [2.75, 3.05) is 26.6 Å². The zero-order valence-corrected chi connectivity index (χ0v) is 19.2. The molecule has 1 aliphatic rings.